The molecule has 3 atom stereocenters. The van der Waals surface area contributed by atoms with Gasteiger partial charge in [-0.1, -0.05) is 20.8 Å². The molecule has 1 aliphatic rings. The maximum absolute atomic E-state index is 12.0. The van der Waals surface area contributed by atoms with E-state index in [1.807, 2.05) is 11.8 Å². The smallest absolute Gasteiger partial charge is 0.326 e. The van der Waals surface area contributed by atoms with Crippen LogP contribution < -0.4 is 5.32 Å². The fraction of sp³-hybridized carbons (Fsp3) is 0.929. The van der Waals surface area contributed by atoms with Crippen LogP contribution in [0.3, 0.4) is 0 Å². The first-order valence-corrected chi connectivity index (χ1v) is 8.01. The molecule has 0 saturated heterocycles. The summed E-state index contributed by atoms with van der Waals surface area (Å²) in [5, 5.41) is 4.69. The molecule has 0 bridgehead atoms. The highest BCUT2D eigenvalue weighted by molar-refractivity contribution is 8.00. The molecule has 1 N–H and O–H groups in total. The van der Waals surface area contributed by atoms with Crippen LogP contribution in [-0.2, 0) is 9.53 Å². The zero-order valence-corrected chi connectivity index (χ0v) is 12.9. The molecular weight excluding hydrogens is 246 g/mol. The number of thioether (sulfide) groups is 1. The largest absolute Gasteiger partial charge is 0.468 e. The summed E-state index contributed by atoms with van der Waals surface area (Å²) in [6, 6.07) is 0. The summed E-state index contributed by atoms with van der Waals surface area (Å²) < 4.78 is 5.00. The van der Waals surface area contributed by atoms with Gasteiger partial charge in [0.15, 0.2) is 0 Å². The quantitative estimate of drug-likeness (QED) is 0.724. The van der Waals surface area contributed by atoms with Crippen LogP contribution in [0.15, 0.2) is 0 Å². The van der Waals surface area contributed by atoms with Gasteiger partial charge >= 0.3 is 5.97 Å². The number of carbonyl (C=O) groups is 1. The second-order valence-electron chi connectivity index (χ2n) is 5.22. The van der Waals surface area contributed by atoms with E-state index in [1.54, 1.807) is 0 Å². The van der Waals surface area contributed by atoms with E-state index in [4.69, 9.17) is 4.74 Å². The van der Waals surface area contributed by atoms with E-state index >= 15 is 0 Å². The third-order valence-corrected chi connectivity index (χ3v) is 5.34. The topological polar surface area (TPSA) is 38.3 Å². The molecule has 0 heterocycles. The Morgan fingerprint density at radius 1 is 1.56 bits per heavy atom. The molecule has 0 aromatic heterocycles. The van der Waals surface area contributed by atoms with Crippen LogP contribution in [0.2, 0.25) is 0 Å². The van der Waals surface area contributed by atoms with E-state index in [9.17, 15) is 4.79 Å². The van der Waals surface area contributed by atoms with Crippen molar-refractivity contribution in [3.63, 3.8) is 0 Å². The van der Waals surface area contributed by atoms with Crippen LogP contribution in [0, 0.1) is 0 Å². The van der Waals surface area contributed by atoms with Crippen molar-refractivity contribution in [3.8, 4) is 0 Å². The summed E-state index contributed by atoms with van der Waals surface area (Å²) in [7, 11) is 1.49. The Labute approximate surface area is 115 Å². The van der Waals surface area contributed by atoms with Crippen molar-refractivity contribution >= 4 is 17.7 Å². The Kier molecular flexibility index (Phi) is 6.50. The number of methoxy groups -OCH3 is 1. The van der Waals surface area contributed by atoms with Gasteiger partial charge in [0.05, 0.1) is 7.11 Å². The molecule has 0 aromatic rings. The molecule has 106 valence electrons. The van der Waals surface area contributed by atoms with Gasteiger partial charge in [-0.3, -0.25) is 4.79 Å². The van der Waals surface area contributed by atoms with Crippen molar-refractivity contribution in [2.45, 2.75) is 68.9 Å². The molecular formula is C14H27NO2S. The number of hydrogen-bond acceptors (Lipinski definition) is 4. The van der Waals surface area contributed by atoms with Gasteiger partial charge in [-0.05, 0) is 38.6 Å². The predicted molar refractivity (Wildman–Crippen MR) is 78.0 cm³/mol. The summed E-state index contributed by atoms with van der Waals surface area (Å²) in [6.45, 7) is 7.49. The van der Waals surface area contributed by atoms with Crippen molar-refractivity contribution in [1.82, 2.24) is 5.32 Å². The minimum absolute atomic E-state index is 0.0804. The normalized spacial score (nSPS) is 29.2. The van der Waals surface area contributed by atoms with Crippen LogP contribution in [-0.4, -0.2) is 35.7 Å². The minimum Gasteiger partial charge on any atom is -0.468 e. The fourth-order valence-corrected chi connectivity index (χ4v) is 4.00. The first-order valence-electron chi connectivity index (χ1n) is 7.06. The zero-order valence-electron chi connectivity index (χ0n) is 12.1. The molecule has 0 aliphatic heterocycles. The van der Waals surface area contributed by atoms with Gasteiger partial charge < -0.3 is 10.1 Å². The molecule has 0 spiro atoms. The number of ether oxygens (including phenoxy) is 1. The van der Waals surface area contributed by atoms with Gasteiger partial charge in [-0.15, -0.1) is 0 Å². The highest BCUT2D eigenvalue weighted by Gasteiger charge is 2.46. The molecule has 4 heteroatoms. The maximum atomic E-state index is 12.0. The summed E-state index contributed by atoms with van der Waals surface area (Å²) in [5.41, 5.74) is -0.421. The SMILES string of the molecule is CCCNC1(C(=O)OC)CCC(SC(C)CC)C1. The fourth-order valence-electron chi connectivity index (χ4n) is 2.52. The van der Waals surface area contributed by atoms with Crippen LogP contribution in [0.5, 0.6) is 0 Å². The van der Waals surface area contributed by atoms with E-state index < -0.39 is 5.54 Å². The molecule has 3 unspecified atom stereocenters. The van der Waals surface area contributed by atoms with E-state index in [1.165, 1.54) is 13.5 Å². The highest BCUT2D eigenvalue weighted by Crippen LogP contribution is 2.40. The summed E-state index contributed by atoms with van der Waals surface area (Å²) >= 11 is 2.02. The second kappa shape index (κ2) is 7.39. The Balaban J connectivity index is 2.62. The second-order valence-corrected chi connectivity index (χ2v) is 6.96. The molecule has 0 radical (unpaired) electrons. The average Bonchev–Trinajstić information content (AvgIpc) is 2.79. The molecule has 1 aliphatic carbocycles. The van der Waals surface area contributed by atoms with Crippen molar-refractivity contribution in [3.05, 3.63) is 0 Å². The molecule has 1 rings (SSSR count). The van der Waals surface area contributed by atoms with Gasteiger partial charge in [0, 0.05) is 10.5 Å². The lowest BCUT2D eigenvalue weighted by Gasteiger charge is -2.28. The number of carbonyl (C=O) groups excluding carboxylic acids is 1. The van der Waals surface area contributed by atoms with E-state index in [0.717, 1.165) is 32.2 Å². The third kappa shape index (κ3) is 3.89. The predicted octanol–water partition coefficient (Wildman–Crippen LogP) is 2.98. The molecule has 18 heavy (non-hydrogen) atoms. The van der Waals surface area contributed by atoms with Gasteiger partial charge in [-0.2, -0.15) is 11.8 Å². The van der Waals surface area contributed by atoms with Crippen LogP contribution >= 0.6 is 11.8 Å². The Hall–Kier alpha value is -0.220. The number of hydrogen-bond donors (Lipinski definition) is 1. The first-order chi connectivity index (χ1) is 8.57. The van der Waals surface area contributed by atoms with Crippen molar-refractivity contribution in [2.75, 3.05) is 13.7 Å². The zero-order chi connectivity index (χ0) is 13.6. The molecule has 3 nitrogen and oxygen atoms in total. The molecule has 0 amide bonds. The molecule has 1 saturated carbocycles. The van der Waals surface area contributed by atoms with Crippen molar-refractivity contribution < 1.29 is 9.53 Å². The number of nitrogens with one attached hydrogen (secondary N) is 1. The Morgan fingerprint density at radius 2 is 2.28 bits per heavy atom. The lowest BCUT2D eigenvalue weighted by Crippen LogP contribution is -2.51. The summed E-state index contributed by atoms with van der Waals surface area (Å²) in [5.74, 6) is -0.0804. The monoisotopic (exact) mass is 273 g/mol. The Bertz CT molecular complexity index is 273. The average molecular weight is 273 g/mol. The standard InChI is InChI=1S/C14H27NO2S/c1-5-9-15-14(13(16)17-4)8-7-12(10-14)18-11(3)6-2/h11-12,15H,5-10H2,1-4H3. The summed E-state index contributed by atoms with van der Waals surface area (Å²) in [6.07, 6.45) is 5.17. The van der Waals surface area contributed by atoms with E-state index in [2.05, 4.69) is 26.1 Å². The third-order valence-electron chi connectivity index (χ3n) is 3.76. The van der Waals surface area contributed by atoms with Gasteiger partial charge in [-0.25, -0.2) is 0 Å². The summed E-state index contributed by atoms with van der Waals surface area (Å²) in [4.78, 5) is 12.0. The number of esters is 1. The van der Waals surface area contributed by atoms with Gasteiger partial charge in [0.25, 0.3) is 0 Å². The van der Waals surface area contributed by atoms with Crippen molar-refractivity contribution in [1.29, 1.82) is 0 Å². The number of rotatable bonds is 7. The van der Waals surface area contributed by atoms with Gasteiger partial charge in [0.2, 0.25) is 0 Å². The van der Waals surface area contributed by atoms with E-state index in [-0.39, 0.29) is 5.97 Å². The van der Waals surface area contributed by atoms with E-state index in [0.29, 0.717) is 10.5 Å². The lowest BCUT2D eigenvalue weighted by atomic mass is 9.97. The first kappa shape index (κ1) is 15.8. The Morgan fingerprint density at radius 3 is 2.83 bits per heavy atom. The maximum Gasteiger partial charge on any atom is 0.326 e. The van der Waals surface area contributed by atoms with Gasteiger partial charge in [0.1, 0.15) is 5.54 Å². The van der Waals surface area contributed by atoms with Crippen LogP contribution in [0.25, 0.3) is 0 Å². The lowest BCUT2D eigenvalue weighted by molar-refractivity contribution is -0.148. The van der Waals surface area contributed by atoms with Crippen molar-refractivity contribution in [2.24, 2.45) is 0 Å². The van der Waals surface area contributed by atoms with Crippen LogP contribution in [0.1, 0.15) is 52.9 Å². The highest BCUT2D eigenvalue weighted by atomic mass is 32.2. The molecule has 0 aromatic carbocycles. The molecule has 1 fully saturated rings. The van der Waals surface area contributed by atoms with Crippen LogP contribution in [0.4, 0.5) is 0 Å². The minimum atomic E-state index is -0.421.